The predicted octanol–water partition coefficient (Wildman–Crippen LogP) is 3.45. The summed E-state index contributed by atoms with van der Waals surface area (Å²) in [6.45, 7) is 0. The fourth-order valence-electron chi connectivity index (χ4n) is 1.55. The van der Waals surface area contributed by atoms with Crippen molar-refractivity contribution in [1.29, 1.82) is 0 Å². The van der Waals surface area contributed by atoms with Crippen LogP contribution in [0, 0.1) is 0 Å². The van der Waals surface area contributed by atoms with Gasteiger partial charge < -0.3 is 4.52 Å². The Bertz CT molecular complexity index is 650. The molecule has 4 nitrogen and oxygen atoms in total. The van der Waals surface area contributed by atoms with E-state index in [9.17, 15) is 0 Å². The molecule has 0 atom stereocenters. The zero-order valence-corrected chi connectivity index (χ0v) is 10.0. The zero-order chi connectivity index (χ0) is 12.4. The Balaban J connectivity index is 1.97. The third-order valence-electron chi connectivity index (χ3n) is 2.43. The largest absolute Gasteiger partial charge is 0.334 e. The van der Waals surface area contributed by atoms with Gasteiger partial charge in [-0.3, -0.25) is 0 Å². The molecule has 0 radical (unpaired) electrons. The van der Waals surface area contributed by atoms with Crippen LogP contribution in [0.4, 0.5) is 0 Å². The second kappa shape index (κ2) is 4.58. The van der Waals surface area contributed by atoms with Crippen LogP contribution in [0.1, 0.15) is 0 Å². The first-order valence-corrected chi connectivity index (χ1v) is 5.72. The van der Waals surface area contributed by atoms with Gasteiger partial charge in [0.2, 0.25) is 5.82 Å². The van der Waals surface area contributed by atoms with Crippen LogP contribution in [-0.4, -0.2) is 15.1 Å². The van der Waals surface area contributed by atoms with Crippen LogP contribution in [0.3, 0.4) is 0 Å². The number of benzene rings is 1. The highest BCUT2D eigenvalue weighted by Crippen LogP contribution is 2.21. The maximum absolute atomic E-state index is 5.72. The molecule has 18 heavy (non-hydrogen) atoms. The van der Waals surface area contributed by atoms with Crippen molar-refractivity contribution in [3.05, 3.63) is 53.8 Å². The number of hydrogen-bond acceptors (Lipinski definition) is 4. The summed E-state index contributed by atoms with van der Waals surface area (Å²) in [6.07, 6.45) is 1.60. The summed E-state index contributed by atoms with van der Waals surface area (Å²) in [5.74, 6) is 0.985. The molecule has 0 saturated heterocycles. The smallest absolute Gasteiger partial charge is 0.259 e. The molecule has 0 aliphatic heterocycles. The lowest BCUT2D eigenvalue weighted by Crippen LogP contribution is -1.82. The van der Waals surface area contributed by atoms with Crippen LogP contribution in [0.5, 0.6) is 0 Å². The normalized spacial score (nSPS) is 10.5. The topological polar surface area (TPSA) is 51.8 Å². The molecule has 2 aromatic heterocycles. The van der Waals surface area contributed by atoms with Crippen molar-refractivity contribution >= 4 is 11.6 Å². The van der Waals surface area contributed by atoms with Gasteiger partial charge in [-0.2, -0.15) is 4.98 Å². The minimum absolute atomic E-state index is 0.429. The minimum atomic E-state index is 0.429. The van der Waals surface area contributed by atoms with E-state index in [2.05, 4.69) is 15.1 Å². The van der Waals surface area contributed by atoms with Crippen LogP contribution in [0.2, 0.25) is 5.15 Å². The van der Waals surface area contributed by atoms with Crippen molar-refractivity contribution in [3.8, 4) is 22.8 Å². The van der Waals surface area contributed by atoms with E-state index in [1.807, 2.05) is 30.3 Å². The van der Waals surface area contributed by atoms with Crippen LogP contribution in [-0.2, 0) is 0 Å². The SMILES string of the molecule is Clc1ccc(-c2nc(-c3ccccc3)no2)cn1. The van der Waals surface area contributed by atoms with Crippen LogP contribution < -0.4 is 0 Å². The molecule has 0 bridgehead atoms. The minimum Gasteiger partial charge on any atom is -0.334 e. The van der Waals surface area contributed by atoms with Crippen molar-refractivity contribution in [2.45, 2.75) is 0 Å². The summed E-state index contributed by atoms with van der Waals surface area (Å²) in [4.78, 5) is 8.29. The maximum atomic E-state index is 5.72. The van der Waals surface area contributed by atoms with E-state index >= 15 is 0 Å². The molecule has 2 heterocycles. The molecule has 3 aromatic rings. The Kier molecular flexibility index (Phi) is 2.78. The van der Waals surface area contributed by atoms with Gasteiger partial charge in [0.05, 0.1) is 5.56 Å². The van der Waals surface area contributed by atoms with Gasteiger partial charge in [0.25, 0.3) is 5.89 Å². The second-order valence-electron chi connectivity index (χ2n) is 3.66. The number of pyridine rings is 1. The zero-order valence-electron chi connectivity index (χ0n) is 9.25. The quantitative estimate of drug-likeness (QED) is 0.660. The lowest BCUT2D eigenvalue weighted by atomic mass is 10.2. The monoisotopic (exact) mass is 257 g/mol. The summed E-state index contributed by atoms with van der Waals surface area (Å²) in [5, 5.41) is 4.37. The first kappa shape index (κ1) is 10.9. The van der Waals surface area contributed by atoms with Gasteiger partial charge in [-0.15, -0.1) is 0 Å². The van der Waals surface area contributed by atoms with E-state index in [0.717, 1.165) is 11.1 Å². The maximum Gasteiger partial charge on any atom is 0.259 e. The molecule has 0 fully saturated rings. The second-order valence-corrected chi connectivity index (χ2v) is 4.05. The average Bonchev–Trinajstić information content (AvgIpc) is 2.90. The van der Waals surface area contributed by atoms with Crippen LogP contribution in [0.15, 0.2) is 53.2 Å². The van der Waals surface area contributed by atoms with Gasteiger partial charge in [-0.05, 0) is 12.1 Å². The van der Waals surface area contributed by atoms with Crippen molar-refractivity contribution in [2.24, 2.45) is 0 Å². The Morgan fingerprint density at radius 2 is 1.78 bits per heavy atom. The highest BCUT2D eigenvalue weighted by Gasteiger charge is 2.10. The van der Waals surface area contributed by atoms with Gasteiger partial charge in [-0.25, -0.2) is 4.98 Å². The lowest BCUT2D eigenvalue weighted by molar-refractivity contribution is 0.432. The fraction of sp³-hybridized carbons (Fsp3) is 0. The fourth-order valence-corrected chi connectivity index (χ4v) is 1.66. The molecule has 0 aliphatic rings. The Labute approximate surface area is 108 Å². The Morgan fingerprint density at radius 3 is 2.50 bits per heavy atom. The molecule has 1 aromatic carbocycles. The van der Waals surface area contributed by atoms with E-state index in [0.29, 0.717) is 16.9 Å². The van der Waals surface area contributed by atoms with Gasteiger partial charge in [0.1, 0.15) is 5.15 Å². The first-order chi connectivity index (χ1) is 8.83. The van der Waals surface area contributed by atoms with E-state index in [-0.39, 0.29) is 0 Å². The average molecular weight is 258 g/mol. The van der Waals surface area contributed by atoms with Gasteiger partial charge in [0, 0.05) is 11.8 Å². The molecule has 88 valence electrons. The highest BCUT2D eigenvalue weighted by molar-refractivity contribution is 6.29. The number of nitrogens with zero attached hydrogens (tertiary/aromatic N) is 3. The molecule has 0 saturated carbocycles. The van der Waals surface area contributed by atoms with Crippen molar-refractivity contribution in [2.75, 3.05) is 0 Å². The molecule has 0 aliphatic carbocycles. The molecule has 0 N–H and O–H groups in total. The van der Waals surface area contributed by atoms with Crippen molar-refractivity contribution < 1.29 is 4.52 Å². The van der Waals surface area contributed by atoms with E-state index in [1.165, 1.54) is 0 Å². The van der Waals surface area contributed by atoms with E-state index in [4.69, 9.17) is 16.1 Å². The molecule has 3 rings (SSSR count). The highest BCUT2D eigenvalue weighted by atomic mass is 35.5. The summed E-state index contributed by atoms with van der Waals surface area (Å²) in [5.41, 5.74) is 1.66. The van der Waals surface area contributed by atoms with Crippen molar-refractivity contribution in [1.82, 2.24) is 15.1 Å². The lowest BCUT2D eigenvalue weighted by Gasteiger charge is -1.93. The summed E-state index contributed by atoms with van der Waals surface area (Å²) in [6, 6.07) is 13.1. The van der Waals surface area contributed by atoms with E-state index in [1.54, 1.807) is 18.3 Å². The molecule has 0 amide bonds. The molecule has 5 heteroatoms. The van der Waals surface area contributed by atoms with Gasteiger partial charge >= 0.3 is 0 Å². The van der Waals surface area contributed by atoms with Gasteiger partial charge in [0.15, 0.2) is 0 Å². The third kappa shape index (κ3) is 2.10. The molecule has 0 unspecified atom stereocenters. The standard InChI is InChI=1S/C13H8ClN3O/c14-11-7-6-10(8-15-11)13-16-12(17-18-13)9-4-2-1-3-5-9/h1-8H. The summed E-state index contributed by atoms with van der Waals surface area (Å²) >= 11 is 5.72. The van der Waals surface area contributed by atoms with Crippen LogP contribution >= 0.6 is 11.6 Å². The van der Waals surface area contributed by atoms with Gasteiger partial charge in [-0.1, -0.05) is 47.1 Å². The third-order valence-corrected chi connectivity index (χ3v) is 2.66. The van der Waals surface area contributed by atoms with Crippen molar-refractivity contribution in [3.63, 3.8) is 0 Å². The van der Waals surface area contributed by atoms with Crippen LogP contribution in [0.25, 0.3) is 22.8 Å². The predicted molar refractivity (Wildman–Crippen MR) is 68.0 cm³/mol. The van der Waals surface area contributed by atoms with E-state index < -0.39 is 0 Å². The molecular formula is C13H8ClN3O. The molecular weight excluding hydrogens is 250 g/mol. The number of hydrogen-bond donors (Lipinski definition) is 0. The Morgan fingerprint density at radius 1 is 0.944 bits per heavy atom. The first-order valence-electron chi connectivity index (χ1n) is 5.34. The number of halogens is 1. The number of rotatable bonds is 2. The molecule has 0 spiro atoms. The summed E-state index contributed by atoms with van der Waals surface area (Å²) < 4.78 is 5.20. The Hall–Kier alpha value is -2.20. The number of aromatic nitrogens is 3. The summed E-state index contributed by atoms with van der Waals surface area (Å²) in [7, 11) is 0.